The maximum atomic E-state index is 8.74. The van der Waals surface area contributed by atoms with Crippen molar-refractivity contribution in [3.8, 4) is 11.8 Å². The molecule has 0 amide bonds. The Kier molecular flexibility index (Phi) is 4.54. The van der Waals surface area contributed by atoms with Gasteiger partial charge >= 0.3 is 0 Å². The summed E-state index contributed by atoms with van der Waals surface area (Å²) in [5.74, 6) is 0.890. The first-order valence-corrected chi connectivity index (χ1v) is 6.18. The second kappa shape index (κ2) is 6.58. The van der Waals surface area contributed by atoms with E-state index in [1.54, 1.807) is 12.1 Å². The van der Waals surface area contributed by atoms with Crippen molar-refractivity contribution in [2.24, 2.45) is 0 Å². The highest BCUT2D eigenvalue weighted by Gasteiger charge is 2.02. The molecule has 0 bridgehead atoms. The van der Waals surface area contributed by atoms with E-state index in [0.717, 1.165) is 23.4 Å². The Bertz CT molecular complexity index is 570. The van der Waals surface area contributed by atoms with Gasteiger partial charge in [0, 0.05) is 12.1 Å². The Labute approximate surface area is 113 Å². The zero-order valence-electron chi connectivity index (χ0n) is 10.9. The largest absolute Gasteiger partial charge is 0.489 e. The minimum atomic E-state index is 0.506. The van der Waals surface area contributed by atoms with Crippen LogP contribution in [0.1, 0.15) is 16.7 Å². The van der Waals surface area contributed by atoms with Crippen molar-refractivity contribution < 1.29 is 4.74 Å². The molecule has 0 aromatic heterocycles. The Morgan fingerprint density at radius 1 is 1.11 bits per heavy atom. The SMILES string of the molecule is CNCc1ccccc1OCc1ccc(C#N)cc1. The quantitative estimate of drug-likeness (QED) is 0.890. The lowest BCUT2D eigenvalue weighted by Gasteiger charge is -2.11. The molecule has 1 N–H and O–H groups in total. The normalized spacial score (nSPS) is 9.89. The third kappa shape index (κ3) is 3.57. The first-order valence-electron chi connectivity index (χ1n) is 6.18. The van der Waals surface area contributed by atoms with Crippen molar-refractivity contribution in [2.75, 3.05) is 7.05 Å². The summed E-state index contributed by atoms with van der Waals surface area (Å²) < 4.78 is 5.83. The number of rotatable bonds is 5. The van der Waals surface area contributed by atoms with Crippen LogP contribution in [0.4, 0.5) is 0 Å². The number of nitriles is 1. The van der Waals surface area contributed by atoms with Crippen molar-refractivity contribution in [3.63, 3.8) is 0 Å². The van der Waals surface area contributed by atoms with E-state index < -0.39 is 0 Å². The molecule has 0 aliphatic carbocycles. The highest BCUT2D eigenvalue weighted by atomic mass is 16.5. The van der Waals surface area contributed by atoms with Crippen molar-refractivity contribution in [1.82, 2.24) is 5.32 Å². The lowest BCUT2D eigenvalue weighted by atomic mass is 10.1. The van der Waals surface area contributed by atoms with Gasteiger partial charge < -0.3 is 10.1 Å². The van der Waals surface area contributed by atoms with Crippen molar-refractivity contribution in [1.29, 1.82) is 5.26 Å². The molecule has 96 valence electrons. The summed E-state index contributed by atoms with van der Waals surface area (Å²) in [6, 6.07) is 17.5. The summed E-state index contributed by atoms with van der Waals surface area (Å²) in [7, 11) is 1.91. The molecular formula is C16H16N2O. The molecule has 0 saturated carbocycles. The van der Waals surface area contributed by atoms with E-state index in [4.69, 9.17) is 10.00 Å². The molecule has 0 saturated heterocycles. The van der Waals surface area contributed by atoms with Crippen LogP contribution in [0.25, 0.3) is 0 Å². The second-order valence-corrected chi connectivity index (χ2v) is 4.24. The van der Waals surface area contributed by atoms with Crippen LogP contribution in [-0.4, -0.2) is 7.05 Å². The molecule has 2 aromatic carbocycles. The maximum absolute atomic E-state index is 8.74. The first-order chi connectivity index (χ1) is 9.33. The molecule has 19 heavy (non-hydrogen) atoms. The molecular weight excluding hydrogens is 236 g/mol. The van der Waals surface area contributed by atoms with Crippen LogP contribution in [0.5, 0.6) is 5.75 Å². The molecule has 3 nitrogen and oxygen atoms in total. The van der Waals surface area contributed by atoms with Gasteiger partial charge in [-0.3, -0.25) is 0 Å². The number of hydrogen-bond acceptors (Lipinski definition) is 3. The predicted molar refractivity (Wildman–Crippen MR) is 74.7 cm³/mol. The average Bonchev–Trinajstić information content (AvgIpc) is 2.47. The maximum Gasteiger partial charge on any atom is 0.124 e. The topological polar surface area (TPSA) is 45.0 Å². The Morgan fingerprint density at radius 2 is 1.84 bits per heavy atom. The number of hydrogen-bond donors (Lipinski definition) is 1. The summed E-state index contributed by atoms with van der Waals surface area (Å²) in [6.45, 7) is 1.29. The number of benzene rings is 2. The molecule has 0 radical (unpaired) electrons. The first kappa shape index (κ1) is 13.1. The summed E-state index contributed by atoms with van der Waals surface area (Å²) in [6.07, 6.45) is 0. The van der Waals surface area contributed by atoms with Gasteiger partial charge in [0.1, 0.15) is 12.4 Å². The van der Waals surface area contributed by atoms with Crippen LogP contribution in [0.3, 0.4) is 0 Å². The molecule has 0 unspecified atom stereocenters. The molecule has 2 aromatic rings. The molecule has 0 aliphatic heterocycles. The van der Waals surface area contributed by atoms with Crippen molar-refractivity contribution in [2.45, 2.75) is 13.2 Å². The van der Waals surface area contributed by atoms with Crippen LogP contribution in [-0.2, 0) is 13.2 Å². The smallest absolute Gasteiger partial charge is 0.124 e. The fraction of sp³-hybridized carbons (Fsp3) is 0.188. The third-order valence-corrected chi connectivity index (χ3v) is 2.82. The van der Waals surface area contributed by atoms with Gasteiger partial charge in [-0.15, -0.1) is 0 Å². The number of nitrogens with one attached hydrogen (secondary N) is 1. The van der Waals surface area contributed by atoms with Gasteiger partial charge in [-0.2, -0.15) is 5.26 Å². The van der Waals surface area contributed by atoms with E-state index in [-0.39, 0.29) is 0 Å². The molecule has 0 aliphatic rings. The Balaban J connectivity index is 2.03. The predicted octanol–water partition coefficient (Wildman–Crippen LogP) is 2.86. The molecule has 0 fully saturated rings. The molecule has 3 heteroatoms. The van der Waals surface area contributed by atoms with Crippen LogP contribution in [0, 0.1) is 11.3 Å². The zero-order chi connectivity index (χ0) is 13.5. The van der Waals surface area contributed by atoms with E-state index in [1.165, 1.54) is 0 Å². The van der Waals surface area contributed by atoms with Gasteiger partial charge in [0.25, 0.3) is 0 Å². The van der Waals surface area contributed by atoms with Gasteiger partial charge in [-0.25, -0.2) is 0 Å². The fourth-order valence-corrected chi connectivity index (χ4v) is 1.82. The van der Waals surface area contributed by atoms with Crippen LogP contribution >= 0.6 is 0 Å². The van der Waals surface area contributed by atoms with E-state index >= 15 is 0 Å². The second-order valence-electron chi connectivity index (χ2n) is 4.24. The number of para-hydroxylation sites is 1. The lowest BCUT2D eigenvalue weighted by Crippen LogP contribution is -2.07. The van der Waals surface area contributed by atoms with E-state index in [2.05, 4.69) is 11.4 Å². The number of nitrogens with zero attached hydrogens (tertiary/aromatic N) is 1. The summed E-state index contributed by atoms with van der Waals surface area (Å²) in [5.41, 5.74) is 2.86. The Morgan fingerprint density at radius 3 is 2.53 bits per heavy atom. The van der Waals surface area contributed by atoms with Crippen molar-refractivity contribution >= 4 is 0 Å². The summed E-state index contributed by atoms with van der Waals surface area (Å²) in [4.78, 5) is 0. The molecule has 0 atom stereocenters. The third-order valence-electron chi connectivity index (χ3n) is 2.82. The summed E-state index contributed by atoms with van der Waals surface area (Å²) >= 11 is 0. The van der Waals surface area contributed by atoms with E-state index in [0.29, 0.717) is 12.2 Å². The van der Waals surface area contributed by atoms with Gasteiger partial charge in [-0.1, -0.05) is 30.3 Å². The fourth-order valence-electron chi connectivity index (χ4n) is 1.82. The highest BCUT2D eigenvalue weighted by Crippen LogP contribution is 2.19. The van der Waals surface area contributed by atoms with Gasteiger partial charge in [0.15, 0.2) is 0 Å². The van der Waals surface area contributed by atoms with Crippen LogP contribution in [0.2, 0.25) is 0 Å². The Hall–Kier alpha value is -2.31. The number of ether oxygens (including phenoxy) is 1. The molecule has 2 rings (SSSR count). The minimum Gasteiger partial charge on any atom is -0.489 e. The van der Waals surface area contributed by atoms with Gasteiger partial charge in [0.05, 0.1) is 11.6 Å². The highest BCUT2D eigenvalue weighted by molar-refractivity contribution is 5.34. The van der Waals surface area contributed by atoms with Crippen LogP contribution in [0.15, 0.2) is 48.5 Å². The minimum absolute atomic E-state index is 0.506. The van der Waals surface area contributed by atoms with Gasteiger partial charge in [-0.05, 0) is 30.8 Å². The molecule has 0 heterocycles. The summed E-state index contributed by atoms with van der Waals surface area (Å²) in [5, 5.41) is 11.9. The lowest BCUT2D eigenvalue weighted by molar-refractivity contribution is 0.302. The van der Waals surface area contributed by atoms with E-state index in [1.807, 2.05) is 43.4 Å². The van der Waals surface area contributed by atoms with E-state index in [9.17, 15) is 0 Å². The molecule has 0 spiro atoms. The standard InChI is InChI=1S/C16H16N2O/c1-18-11-15-4-2-3-5-16(15)19-12-14-8-6-13(10-17)7-9-14/h2-9,18H,11-12H2,1H3. The van der Waals surface area contributed by atoms with Gasteiger partial charge in [0.2, 0.25) is 0 Å². The van der Waals surface area contributed by atoms with Crippen molar-refractivity contribution in [3.05, 3.63) is 65.2 Å². The average molecular weight is 252 g/mol. The monoisotopic (exact) mass is 252 g/mol. The van der Waals surface area contributed by atoms with Crippen LogP contribution < -0.4 is 10.1 Å². The zero-order valence-corrected chi connectivity index (χ0v) is 10.9.